The lowest BCUT2D eigenvalue weighted by atomic mass is 9.86. The molecule has 1 heterocycles. The summed E-state index contributed by atoms with van der Waals surface area (Å²) in [6.07, 6.45) is 0.585. The highest BCUT2D eigenvalue weighted by atomic mass is 19.3. The van der Waals surface area contributed by atoms with Crippen LogP contribution in [0.5, 0.6) is 0 Å². The van der Waals surface area contributed by atoms with Gasteiger partial charge in [0, 0.05) is 20.0 Å². The number of hydrogen-bond acceptors (Lipinski definition) is 4. The van der Waals surface area contributed by atoms with Crippen molar-refractivity contribution in [2.75, 3.05) is 19.8 Å². The Kier molecular flexibility index (Phi) is 6.29. The normalized spacial score (nSPS) is 24.6. The van der Waals surface area contributed by atoms with Crippen molar-refractivity contribution in [3.05, 3.63) is 35.9 Å². The van der Waals surface area contributed by atoms with E-state index in [-0.39, 0.29) is 26.2 Å². The van der Waals surface area contributed by atoms with Crippen molar-refractivity contribution in [2.24, 2.45) is 0 Å². The Labute approximate surface area is 141 Å². The second kappa shape index (κ2) is 8.03. The lowest BCUT2D eigenvalue weighted by Crippen LogP contribution is -2.63. The Bertz CT molecular complexity index is 530. The number of rotatable bonds is 7. The van der Waals surface area contributed by atoms with Crippen LogP contribution in [-0.4, -0.2) is 43.4 Å². The van der Waals surface area contributed by atoms with Gasteiger partial charge in [0.25, 0.3) is 5.92 Å². The van der Waals surface area contributed by atoms with E-state index in [1.54, 1.807) is 30.3 Å². The molecular formula is C18H24F2O4. The zero-order valence-electron chi connectivity index (χ0n) is 14.1. The average molecular weight is 342 g/mol. The van der Waals surface area contributed by atoms with Crippen molar-refractivity contribution in [3.8, 4) is 0 Å². The molecule has 0 saturated carbocycles. The number of carbonyl (C=O) groups excluding carboxylic acids is 1. The Morgan fingerprint density at radius 3 is 2.71 bits per heavy atom. The molecular weight excluding hydrogens is 318 g/mol. The van der Waals surface area contributed by atoms with E-state index in [2.05, 4.69) is 0 Å². The van der Waals surface area contributed by atoms with Gasteiger partial charge in [-0.3, -0.25) is 0 Å². The highest BCUT2D eigenvalue weighted by Gasteiger charge is 2.60. The highest BCUT2D eigenvalue weighted by molar-refractivity contribution is 5.89. The van der Waals surface area contributed by atoms with Crippen LogP contribution in [0.2, 0.25) is 0 Å². The molecule has 0 amide bonds. The molecule has 0 bridgehead atoms. The van der Waals surface area contributed by atoms with Crippen molar-refractivity contribution in [1.82, 2.24) is 0 Å². The first-order chi connectivity index (χ1) is 11.4. The number of hydrogen-bond donors (Lipinski definition) is 0. The first-order valence-electron chi connectivity index (χ1n) is 8.26. The van der Waals surface area contributed by atoms with Gasteiger partial charge in [0.05, 0.1) is 18.8 Å². The molecule has 1 aliphatic rings. The quantitative estimate of drug-likeness (QED) is 0.558. The molecule has 1 saturated heterocycles. The van der Waals surface area contributed by atoms with Gasteiger partial charge in [-0.1, -0.05) is 31.5 Å². The number of alkyl halides is 2. The van der Waals surface area contributed by atoms with E-state index in [0.29, 0.717) is 12.0 Å². The molecule has 0 radical (unpaired) electrons. The molecule has 2 atom stereocenters. The van der Waals surface area contributed by atoms with Crippen LogP contribution >= 0.6 is 0 Å². The standard InChI is InChI=1S/C18H24F2O4/c1-3-4-11-23-18(17(2,19)20)13-22-12-10-15(18)24-16(21)14-8-6-5-7-9-14/h5-9,15H,3-4,10-13H2,1-2H3. The van der Waals surface area contributed by atoms with Crippen LogP contribution < -0.4 is 0 Å². The first kappa shape index (κ1) is 18.8. The lowest BCUT2D eigenvalue weighted by Gasteiger charge is -2.45. The summed E-state index contributed by atoms with van der Waals surface area (Å²) < 4.78 is 45.1. The van der Waals surface area contributed by atoms with E-state index >= 15 is 0 Å². The monoisotopic (exact) mass is 342 g/mol. The van der Waals surface area contributed by atoms with Crippen LogP contribution in [0.25, 0.3) is 0 Å². The molecule has 6 heteroatoms. The van der Waals surface area contributed by atoms with Crippen molar-refractivity contribution in [3.63, 3.8) is 0 Å². The maximum absolute atomic E-state index is 14.4. The molecule has 0 N–H and O–H groups in total. The maximum atomic E-state index is 14.4. The predicted octanol–water partition coefficient (Wildman–Crippen LogP) is 3.84. The van der Waals surface area contributed by atoms with Crippen LogP contribution in [0.4, 0.5) is 8.78 Å². The third-order valence-electron chi connectivity index (χ3n) is 4.22. The highest BCUT2D eigenvalue weighted by Crippen LogP contribution is 2.40. The van der Waals surface area contributed by atoms with Gasteiger partial charge in [-0.05, 0) is 18.6 Å². The van der Waals surface area contributed by atoms with Gasteiger partial charge in [-0.2, -0.15) is 0 Å². The van der Waals surface area contributed by atoms with Gasteiger partial charge in [0.1, 0.15) is 6.10 Å². The molecule has 0 aliphatic carbocycles. The number of halogens is 2. The van der Waals surface area contributed by atoms with Crippen LogP contribution in [0.3, 0.4) is 0 Å². The largest absolute Gasteiger partial charge is 0.455 e. The minimum atomic E-state index is -3.21. The number of unbranched alkanes of at least 4 members (excludes halogenated alkanes) is 1. The summed E-state index contributed by atoms with van der Waals surface area (Å²) >= 11 is 0. The zero-order valence-corrected chi connectivity index (χ0v) is 14.1. The predicted molar refractivity (Wildman–Crippen MR) is 85.3 cm³/mol. The summed E-state index contributed by atoms with van der Waals surface area (Å²) in [6, 6.07) is 8.33. The minimum Gasteiger partial charge on any atom is -0.455 e. The first-order valence-corrected chi connectivity index (χ1v) is 8.26. The molecule has 0 aromatic heterocycles. The van der Waals surface area contributed by atoms with E-state index in [1.807, 2.05) is 6.92 Å². The van der Waals surface area contributed by atoms with E-state index in [0.717, 1.165) is 13.3 Å². The number of ether oxygens (including phenoxy) is 3. The van der Waals surface area contributed by atoms with E-state index in [4.69, 9.17) is 14.2 Å². The van der Waals surface area contributed by atoms with Crippen molar-refractivity contribution >= 4 is 5.97 Å². The van der Waals surface area contributed by atoms with Crippen LogP contribution in [0, 0.1) is 0 Å². The number of benzene rings is 1. The fraction of sp³-hybridized carbons (Fsp3) is 0.611. The van der Waals surface area contributed by atoms with E-state index < -0.39 is 23.6 Å². The van der Waals surface area contributed by atoms with Gasteiger partial charge in [-0.25, -0.2) is 13.6 Å². The SMILES string of the molecule is CCCCOC1(C(C)(F)F)COCCC1OC(=O)c1ccccc1. The molecule has 4 nitrogen and oxygen atoms in total. The molecule has 2 rings (SSSR count). The molecule has 134 valence electrons. The van der Waals surface area contributed by atoms with Gasteiger partial charge in [0.2, 0.25) is 0 Å². The fourth-order valence-electron chi connectivity index (χ4n) is 2.74. The molecule has 1 aromatic rings. The number of carbonyl (C=O) groups is 1. The summed E-state index contributed by atoms with van der Waals surface area (Å²) in [5, 5.41) is 0. The smallest absolute Gasteiger partial charge is 0.338 e. The fourth-order valence-corrected chi connectivity index (χ4v) is 2.74. The lowest BCUT2D eigenvalue weighted by molar-refractivity contribution is -0.280. The summed E-state index contributed by atoms with van der Waals surface area (Å²) in [4.78, 5) is 12.3. The van der Waals surface area contributed by atoms with Gasteiger partial charge in [-0.15, -0.1) is 0 Å². The molecule has 1 aliphatic heterocycles. The summed E-state index contributed by atoms with van der Waals surface area (Å²) in [7, 11) is 0. The second-order valence-corrected chi connectivity index (χ2v) is 6.08. The Morgan fingerprint density at radius 1 is 1.38 bits per heavy atom. The Balaban J connectivity index is 2.21. The van der Waals surface area contributed by atoms with E-state index in [1.165, 1.54) is 0 Å². The van der Waals surface area contributed by atoms with Crippen LogP contribution in [0.1, 0.15) is 43.5 Å². The van der Waals surface area contributed by atoms with Crippen molar-refractivity contribution in [1.29, 1.82) is 0 Å². The number of esters is 1. The maximum Gasteiger partial charge on any atom is 0.338 e. The second-order valence-electron chi connectivity index (χ2n) is 6.08. The zero-order chi connectivity index (χ0) is 17.6. The van der Waals surface area contributed by atoms with Crippen molar-refractivity contribution in [2.45, 2.75) is 50.7 Å². The molecule has 1 fully saturated rings. The molecule has 1 aromatic carbocycles. The average Bonchev–Trinajstić information content (AvgIpc) is 2.56. The van der Waals surface area contributed by atoms with Gasteiger partial charge < -0.3 is 14.2 Å². The summed E-state index contributed by atoms with van der Waals surface area (Å²) in [5.41, 5.74) is -1.63. The topological polar surface area (TPSA) is 44.8 Å². The molecule has 0 spiro atoms. The minimum absolute atomic E-state index is 0.169. The van der Waals surface area contributed by atoms with E-state index in [9.17, 15) is 13.6 Å². The van der Waals surface area contributed by atoms with Crippen LogP contribution in [0.15, 0.2) is 30.3 Å². The summed E-state index contributed by atoms with van der Waals surface area (Å²) in [6.45, 7) is 2.86. The third-order valence-corrected chi connectivity index (χ3v) is 4.22. The summed E-state index contributed by atoms with van der Waals surface area (Å²) in [5.74, 6) is -3.83. The molecule has 2 unspecified atom stereocenters. The molecule has 24 heavy (non-hydrogen) atoms. The third kappa shape index (κ3) is 4.11. The Hall–Kier alpha value is -1.53. The van der Waals surface area contributed by atoms with Crippen LogP contribution in [-0.2, 0) is 14.2 Å². The Morgan fingerprint density at radius 2 is 2.08 bits per heavy atom. The van der Waals surface area contributed by atoms with Crippen molar-refractivity contribution < 1.29 is 27.8 Å². The van der Waals surface area contributed by atoms with Gasteiger partial charge >= 0.3 is 5.97 Å². The van der Waals surface area contributed by atoms with Gasteiger partial charge in [0.15, 0.2) is 5.60 Å².